The van der Waals surface area contributed by atoms with E-state index in [0.29, 0.717) is 49.4 Å². The van der Waals surface area contributed by atoms with Crippen molar-refractivity contribution < 1.29 is 26.3 Å². The van der Waals surface area contributed by atoms with Crippen LogP contribution in [-0.2, 0) is 14.8 Å². The number of likely N-dealkylation sites (N-methyl/N-ethyl adjacent to an activating group) is 1. The van der Waals surface area contributed by atoms with Gasteiger partial charge in [0, 0.05) is 52.0 Å². The van der Waals surface area contributed by atoms with Crippen molar-refractivity contribution >= 4 is 16.0 Å². The summed E-state index contributed by atoms with van der Waals surface area (Å²) in [5.74, 6) is 0.710. The molecule has 2 heterocycles. The third-order valence-electron chi connectivity index (χ3n) is 5.94. The minimum absolute atomic E-state index is 0.0207. The molecule has 8 nitrogen and oxygen atoms in total. The molecule has 0 bridgehead atoms. The van der Waals surface area contributed by atoms with Crippen LogP contribution in [-0.4, -0.2) is 95.2 Å². The van der Waals surface area contributed by atoms with Crippen LogP contribution in [0.25, 0.3) is 0 Å². The molecule has 12 heteroatoms. The van der Waals surface area contributed by atoms with Gasteiger partial charge in [0.05, 0.1) is 0 Å². The van der Waals surface area contributed by atoms with E-state index in [2.05, 4.69) is 20.5 Å². The van der Waals surface area contributed by atoms with Gasteiger partial charge in [-0.25, -0.2) is 8.42 Å². The van der Waals surface area contributed by atoms with Crippen molar-refractivity contribution in [2.75, 3.05) is 60.5 Å². The van der Waals surface area contributed by atoms with Crippen LogP contribution in [0.4, 0.5) is 13.2 Å². The van der Waals surface area contributed by atoms with Gasteiger partial charge in [0.25, 0.3) is 0 Å². The first-order valence-electron chi connectivity index (χ1n) is 9.78. The van der Waals surface area contributed by atoms with E-state index in [0.717, 1.165) is 12.8 Å². The average molecular weight is 444 g/mol. The first-order chi connectivity index (χ1) is 13.5. The van der Waals surface area contributed by atoms with Gasteiger partial charge in [-0.05, 0) is 45.7 Å². The first-order valence-corrected chi connectivity index (χ1v) is 11.2. The van der Waals surface area contributed by atoms with Crippen molar-refractivity contribution in [3.63, 3.8) is 0 Å². The van der Waals surface area contributed by atoms with Crippen LogP contribution >= 0.6 is 0 Å². The minimum Gasteiger partial charge on any atom is -0.381 e. The molecule has 0 radical (unpaired) electrons. The third kappa shape index (κ3) is 5.96. The molecule has 170 valence electrons. The van der Waals surface area contributed by atoms with Crippen molar-refractivity contribution in [3.05, 3.63) is 0 Å². The number of nitrogens with zero attached hydrogens (tertiary/aromatic N) is 3. The summed E-state index contributed by atoms with van der Waals surface area (Å²) in [6, 6.07) is 0. The van der Waals surface area contributed by atoms with E-state index >= 15 is 0 Å². The number of ether oxygens (including phenoxy) is 1. The fourth-order valence-corrected chi connectivity index (χ4v) is 4.73. The van der Waals surface area contributed by atoms with Crippen LogP contribution in [0, 0.1) is 5.92 Å². The highest BCUT2D eigenvalue weighted by molar-refractivity contribution is 7.90. The van der Waals surface area contributed by atoms with Gasteiger partial charge in [-0.3, -0.25) is 4.99 Å². The monoisotopic (exact) mass is 443 g/mol. The van der Waals surface area contributed by atoms with E-state index in [1.165, 1.54) is 0 Å². The molecule has 2 N–H and O–H groups in total. The number of guanidine groups is 1. The van der Waals surface area contributed by atoms with Gasteiger partial charge in [0.2, 0.25) is 0 Å². The predicted octanol–water partition coefficient (Wildman–Crippen LogP) is 0.824. The summed E-state index contributed by atoms with van der Waals surface area (Å²) in [7, 11) is 0.529. The Hall–Kier alpha value is -1.11. The lowest BCUT2D eigenvalue weighted by Gasteiger charge is -2.43. The van der Waals surface area contributed by atoms with Gasteiger partial charge in [0.1, 0.15) is 0 Å². The summed E-state index contributed by atoms with van der Waals surface area (Å²) in [5, 5.41) is 6.56. The zero-order chi connectivity index (χ0) is 21.7. The molecular weight excluding hydrogens is 411 g/mol. The molecule has 2 fully saturated rings. The molecule has 0 aliphatic carbocycles. The quantitative estimate of drug-likeness (QED) is 0.467. The maximum absolute atomic E-state index is 12.7. The van der Waals surface area contributed by atoms with Crippen molar-refractivity contribution in [2.45, 2.75) is 36.7 Å². The maximum Gasteiger partial charge on any atom is 0.511 e. The van der Waals surface area contributed by atoms with Crippen molar-refractivity contribution in [1.29, 1.82) is 0 Å². The zero-order valence-corrected chi connectivity index (χ0v) is 18.1. The van der Waals surface area contributed by atoms with Crippen LogP contribution in [0.15, 0.2) is 4.99 Å². The highest BCUT2D eigenvalue weighted by atomic mass is 32.2. The third-order valence-corrected chi connectivity index (χ3v) is 7.57. The molecule has 0 aromatic rings. The molecule has 0 unspecified atom stereocenters. The van der Waals surface area contributed by atoms with Gasteiger partial charge < -0.3 is 20.3 Å². The standard InChI is InChI=1S/C17H32F3N5O3S/c1-21-15(23-13-16(24(2)3)6-10-28-11-7-16)22-12-14-4-8-25(9-5-14)29(26,27)17(18,19)20/h14H,4-13H2,1-3H3,(H2,21,22,23). The number of rotatable bonds is 6. The van der Waals surface area contributed by atoms with Crippen LogP contribution < -0.4 is 10.6 Å². The predicted molar refractivity (Wildman–Crippen MR) is 105 cm³/mol. The number of nitrogens with one attached hydrogen (secondary N) is 2. The number of hydrogen-bond acceptors (Lipinski definition) is 5. The molecule has 2 rings (SSSR count). The molecule has 2 aliphatic rings. The van der Waals surface area contributed by atoms with E-state index in [1.807, 2.05) is 14.1 Å². The Morgan fingerprint density at radius 3 is 2.28 bits per heavy atom. The molecule has 0 saturated carbocycles. The van der Waals surface area contributed by atoms with Gasteiger partial charge in [-0.15, -0.1) is 0 Å². The molecular formula is C17H32F3N5O3S. The van der Waals surface area contributed by atoms with Crippen molar-refractivity contribution in [1.82, 2.24) is 19.8 Å². The zero-order valence-electron chi connectivity index (χ0n) is 17.3. The van der Waals surface area contributed by atoms with Crippen molar-refractivity contribution in [2.24, 2.45) is 10.9 Å². The van der Waals surface area contributed by atoms with Gasteiger partial charge in [0.15, 0.2) is 5.96 Å². The maximum atomic E-state index is 12.7. The largest absolute Gasteiger partial charge is 0.511 e. The second-order valence-corrected chi connectivity index (χ2v) is 9.76. The minimum atomic E-state index is -5.24. The van der Waals surface area contributed by atoms with Crippen molar-refractivity contribution in [3.8, 4) is 0 Å². The first kappa shape index (κ1) is 24.2. The second kappa shape index (κ2) is 9.80. The summed E-state index contributed by atoms with van der Waals surface area (Å²) in [4.78, 5) is 6.42. The van der Waals surface area contributed by atoms with Gasteiger partial charge in [-0.1, -0.05) is 0 Å². The van der Waals surface area contributed by atoms with Gasteiger partial charge in [-0.2, -0.15) is 17.5 Å². The molecule has 2 saturated heterocycles. The summed E-state index contributed by atoms with van der Waals surface area (Å²) in [6.07, 6.45) is 2.57. The number of hydrogen-bond donors (Lipinski definition) is 2. The van der Waals surface area contributed by atoms with Crippen LogP contribution in [0.3, 0.4) is 0 Å². The Morgan fingerprint density at radius 1 is 1.21 bits per heavy atom. The molecule has 0 aromatic heterocycles. The highest BCUT2D eigenvalue weighted by Crippen LogP contribution is 2.30. The number of aliphatic imine (C=N–C) groups is 1. The Kier molecular flexibility index (Phi) is 8.16. The molecule has 0 aromatic carbocycles. The highest BCUT2D eigenvalue weighted by Gasteiger charge is 2.50. The Balaban J connectivity index is 1.80. The number of halogens is 3. The molecule has 0 spiro atoms. The second-order valence-electron chi connectivity index (χ2n) is 7.83. The lowest BCUT2D eigenvalue weighted by molar-refractivity contribution is -0.0496. The van der Waals surface area contributed by atoms with E-state index in [1.54, 1.807) is 7.05 Å². The van der Waals surface area contributed by atoms with E-state index in [-0.39, 0.29) is 24.5 Å². The smallest absolute Gasteiger partial charge is 0.381 e. The van der Waals surface area contributed by atoms with Gasteiger partial charge >= 0.3 is 15.5 Å². The molecule has 0 atom stereocenters. The SMILES string of the molecule is CN=C(NCC1CCN(S(=O)(=O)C(F)(F)F)CC1)NCC1(N(C)C)CCOCC1. The normalized spacial score (nSPS) is 22.7. The van der Waals surface area contributed by atoms with Crippen LogP contribution in [0.1, 0.15) is 25.7 Å². The Labute approximate surface area is 170 Å². The molecule has 0 amide bonds. The summed E-state index contributed by atoms with van der Waals surface area (Å²) < 4.78 is 67.0. The van der Waals surface area contributed by atoms with E-state index in [4.69, 9.17) is 4.74 Å². The molecule has 2 aliphatic heterocycles. The Morgan fingerprint density at radius 2 is 1.79 bits per heavy atom. The molecule has 29 heavy (non-hydrogen) atoms. The lowest BCUT2D eigenvalue weighted by atomic mass is 9.88. The van der Waals surface area contributed by atoms with Crippen LogP contribution in [0.5, 0.6) is 0 Å². The average Bonchev–Trinajstić information content (AvgIpc) is 2.68. The van der Waals surface area contributed by atoms with Crippen LogP contribution in [0.2, 0.25) is 0 Å². The van der Waals surface area contributed by atoms with E-state index in [9.17, 15) is 21.6 Å². The lowest BCUT2D eigenvalue weighted by Crippen LogP contribution is -2.57. The Bertz CT molecular complexity index is 656. The summed E-state index contributed by atoms with van der Waals surface area (Å²) in [5.41, 5.74) is -5.26. The number of alkyl halides is 3. The summed E-state index contributed by atoms with van der Waals surface area (Å²) >= 11 is 0. The fraction of sp³-hybridized carbons (Fsp3) is 0.941. The fourth-order valence-electron chi connectivity index (χ4n) is 3.74. The topological polar surface area (TPSA) is 86.3 Å². The summed E-state index contributed by atoms with van der Waals surface area (Å²) in [6.45, 7) is 2.41. The number of sulfonamides is 1. The number of piperidine rings is 1. The van der Waals surface area contributed by atoms with E-state index < -0.39 is 15.5 Å².